The van der Waals surface area contributed by atoms with Gasteiger partial charge in [0.25, 0.3) is 35.4 Å². The van der Waals surface area contributed by atoms with Crippen LogP contribution in [-0.4, -0.2) is 128 Å². The van der Waals surface area contributed by atoms with Gasteiger partial charge in [0, 0.05) is 106 Å². The van der Waals surface area contributed by atoms with Crippen molar-refractivity contribution >= 4 is 123 Å². The summed E-state index contributed by atoms with van der Waals surface area (Å²) in [7, 11) is 2.46. The monoisotopic (exact) mass is 1580 g/mol. The summed E-state index contributed by atoms with van der Waals surface area (Å²) in [6.07, 6.45) is 8.99. The number of hydrogen-bond acceptors (Lipinski definition) is 18. The van der Waals surface area contributed by atoms with E-state index in [1.54, 1.807) is 109 Å². The maximum Gasteiger partial charge on any atom is 0.658 e. The minimum absolute atomic E-state index is 0.0271. The molecule has 117 heavy (non-hydrogen) atoms. The molecule has 1 heterocycles. The molecule has 0 saturated carbocycles. The third-order valence-electron chi connectivity index (χ3n) is 20.7. The molecule has 1 aliphatic rings. The lowest BCUT2D eigenvalue weighted by atomic mass is 9.89. The van der Waals surface area contributed by atoms with Gasteiger partial charge in [-0.1, -0.05) is 116 Å². The Morgan fingerprint density at radius 1 is 0.239 bits per heavy atom. The minimum Gasteiger partial charge on any atom is -0.523 e. The summed E-state index contributed by atoms with van der Waals surface area (Å²) in [6.45, 7) is 14.2. The Labute approximate surface area is 678 Å². The van der Waals surface area contributed by atoms with Gasteiger partial charge in [-0.05, 0) is 212 Å². The largest absolute Gasteiger partial charge is 0.658 e. The molecule has 0 saturated heterocycles. The van der Waals surface area contributed by atoms with Crippen LogP contribution in [0, 0.1) is 0 Å². The zero-order valence-corrected chi connectivity index (χ0v) is 65.9. The topological polar surface area (TPSA) is 351 Å². The first-order chi connectivity index (χ1) is 56.8. The van der Waals surface area contributed by atoms with Crippen molar-refractivity contribution < 1.29 is 87.3 Å². The Balaban J connectivity index is 1.13. The highest BCUT2D eigenvalue weighted by molar-refractivity contribution is 6.28. The van der Waals surface area contributed by atoms with Gasteiger partial charge in [-0.25, -0.2) is 0 Å². The van der Waals surface area contributed by atoms with E-state index in [0.29, 0.717) is 77.8 Å². The van der Waals surface area contributed by atoms with E-state index in [1.807, 2.05) is 41.5 Å². The SMILES string of the molecule is CCCCNC(=O)c1ccc2c3c(c(O)cc2c1)O[B]Oc1c(O)cc2cc(C(=O)NCCCC)ccc2c1-c1c(c(O)cc2cc(C(=O)NCCCC)ccc12)O[B]Oc1c(O)cc2cc(C(=O)NCCCC)ccc2c1-c1c(c(O)cc2cc(C(=O)NCCCC)ccc12)O[B]Oc1c(O)cc2cc(C(=O)NCCCC)ccc2c1-3. The zero-order chi connectivity index (χ0) is 82.6. The van der Waals surface area contributed by atoms with Gasteiger partial charge >= 0.3 is 23.1 Å². The van der Waals surface area contributed by atoms with Gasteiger partial charge in [0.15, 0.2) is 69.0 Å². The maximum atomic E-state index is 14.0. The average Bonchev–Trinajstić information content (AvgIpc) is 0.803. The molecule has 12 aromatic carbocycles. The quantitative estimate of drug-likeness (QED) is 0.0197. The number of nitrogens with one attached hydrogen (secondary N) is 6. The second-order valence-corrected chi connectivity index (χ2v) is 28.9. The summed E-state index contributed by atoms with van der Waals surface area (Å²) < 4.78 is 40.0. The highest BCUT2D eigenvalue weighted by atomic mass is 16.6. The first-order valence-corrected chi connectivity index (χ1v) is 39.7. The van der Waals surface area contributed by atoms with Crippen molar-refractivity contribution in [3.63, 3.8) is 0 Å². The molecule has 27 heteroatoms. The van der Waals surface area contributed by atoms with Crippen molar-refractivity contribution in [2.75, 3.05) is 39.3 Å². The number of unbranched alkanes of at least 4 members (excludes halogenated alkanes) is 6. The van der Waals surface area contributed by atoms with Crippen LogP contribution in [0.5, 0.6) is 69.0 Å². The van der Waals surface area contributed by atoms with Crippen molar-refractivity contribution in [1.29, 1.82) is 0 Å². The summed E-state index contributed by atoms with van der Waals surface area (Å²) in [5.41, 5.74) is 1.11. The molecule has 1 aliphatic heterocycles. The number of carbonyl (C=O) groups excluding carboxylic acids is 6. The Morgan fingerprint density at radius 3 is 0.521 bits per heavy atom. The molecule has 0 atom stereocenters. The van der Waals surface area contributed by atoms with Gasteiger partial charge < -0.3 is 90.5 Å². The number of hydrogen-bond donors (Lipinski definition) is 12. The first kappa shape index (κ1) is 81.8. The van der Waals surface area contributed by atoms with E-state index in [4.69, 9.17) is 27.9 Å². The molecule has 13 rings (SSSR count). The second kappa shape index (κ2) is 37.0. The number of amides is 6. The number of rotatable bonds is 24. The predicted octanol–water partition coefficient (Wildman–Crippen LogP) is 16.3. The first-order valence-electron chi connectivity index (χ1n) is 39.7. The number of phenolic OH excluding ortho intramolecular Hbond substituents is 6. The fourth-order valence-electron chi connectivity index (χ4n) is 14.5. The molecule has 12 N–H and O–H groups in total. The van der Waals surface area contributed by atoms with Crippen molar-refractivity contribution in [1.82, 2.24) is 31.9 Å². The van der Waals surface area contributed by atoms with E-state index in [0.717, 1.165) is 61.6 Å². The smallest absolute Gasteiger partial charge is 0.523 e. The number of fused-ring (bicyclic) bond motifs is 21. The molecule has 12 aromatic rings. The van der Waals surface area contributed by atoms with Crippen LogP contribution in [0.25, 0.3) is 98.0 Å². The van der Waals surface area contributed by atoms with E-state index in [9.17, 15) is 59.4 Å². The van der Waals surface area contributed by atoms with Crippen molar-refractivity contribution in [3.05, 3.63) is 179 Å². The Morgan fingerprint density at radius 2 is 0.385 bits per heavy atom. The van der Waals surface area contributed by atoms with Crippen LogP contribution in [0.3, 0.4) is 0 Å². The third-order valence-corrected chi connectivity index (χ3v) is 20.7. The van der Waals surface area contributed by atoms with Crippen molar-refractivity contribution in [3.8, 4) is 102 Å². The van der Waals surface area contributed by atoms with Gasteiger partial charge in [0.05, 0.1) is 0 Å². The Bertz CT molecular complexity index is 4970. The van der Waals surface area contributed by atoms with Crippen LogP contribution >= 0.6 is 0 Å². The standard InChI is InChI=1S/C90H90B3N6O18/c1-7-13-31-94-85(106)49-19-25-61-55(37-49)43-67(100)79-73(61)74-62-26-20-50(86(107)95-32-14-8-2)38-56(62)44-68(101)80(74)113-92-115-82-70(103)46-58-40-53(89(110)98-35-17-11-5)23-29-65(58)77(82)78-66-30-24-54(90(111)99-36-18-12-6)42-60(66)48-72(105)84(78)117-93-116-83-71(104)47-59-41-52(88(109)97-34-16-10-4)22-28-64(59)76(83)75-63-27-21-51(87(108)96-33-15-9-3)39-57(63)45-69(102)81(75)114-91-112-79/h19-30,37-48,100-105H,7-18,31-36H2,1-6H3,(H,94,106)(H,95,107)(H,96,108)(H,97,109)(H,98,110)(H,99,111). The Kier molecular flexibility index (Phi) is 25.8. The van der Waals surface area contributed by atoms with Crippen molar-refractivity contribution in [2.24, 2.45) is 0 Å². The van der Waals surface area contributed by atoms with E-state index < -0.39 is 69.9 Å². The molecule has 0 aromatic heterocycles. The van der Waals surface area contributed by atoms with E-state index in [1.165, 1.54) is 36.4 Å². The van der Waals surface area contributed by atoms with Crippen LogP contribution < -0.4 is 59.8 Å². The molecule has 0 fully saturated rings. The second-order valence-electron chi connectivity index (χ2n) is 28.9. The predicted molar refractivity (Wildman–Crippen MR) is 455 cm³/mol. The van der Waals surface area contributed by atoms with Crippen molar-refractivity contribution in [2.45, 2.75) is 119 Å². The van der Waals surface area contributed by atoms with Gasteiger partial charge in [0.2, 0.25) is 0 Å². The summed E-state index contributed by atoms with van der Waals surface area (Å²) in [4.78, 5) is 83.9. The molecule has 0 spiro atoms. The van der Waals surface area contributed by atoms with Gasteiger partial charge in [0.1, 0.15) is 0 Å². The molecule has 6 amide bonds. The zero-order valence-electron chi connectivity index (χ0n) is 65.9. The average molecular weight is 1580 g/mol. The van der Waals surface area contributed by atoms with E-state index in [-0.39, 0.29) is 166 Å². The molecular formula is C90H90B3N6O18. The number of phenols is 6. The van der Waals surface area contributed by atoms with Crippen LogP contribution in [0.4, 0.5) is 0 Å². The highest BCUT2D eigenvalue weighted by Gasteiger charge is 2.33. The summed E-state index contributed by atoms with van der Waals surface area (Å²) in [5, 5.41) is 98.0. The normalized spacial score (nSPS) is 11.9. The van der Waals surface area contributed by atoms with E-state index in [2.05, 4.69) is 31.9 Å². The van der Waals surface area contributed by atoms with Crippen LogP contribution in [0.15, 0.2) is 146 Å². The van der Waals surface area contributed by atoms with Crippen LogP contribution in [0.2, 0.25) is 0 Å². The van der Waals surface area contributed by atoms with Gasteiger partial charge in [-0.2, -0.15) is 0 Å². The lowest BCUT2D eigenvalue weighted by Crippen LogP contribution is -2.24. The molecule has 3 radical (unpaired) electrons. The molecule has 0 bridgehead atoms. The van der Waals surface area contributed by atoms with Crippen LogP contribution in [0.1, 0.15) is 181 Å². The Hall–Kier alpha value is -13.2. The number of aromatic hydroxyl groups is 6. The van der Waals surface area contributed by atoms with Gasteiger partial charge in [-0.3, -0.25) is 28.8 Å². The van der Waals surface area contributed by atoms with Crippen LogP contribution in [-0.2, 0) is 0 Å². The maximum absolute atomic E-state index is 14.0. The molecular weight excluding hydrogens is 1490 g/mol. The molecule has 0 aliphatic carbocycles. The lowest BCUT2D eigenvalue weighted by molar-refractivity contribution is 0.0945. The minimum atomic E-state index is -0.577. The van der Waals surface area contributed by atoms with E-state index >= 15 is 0 Å². The molecule has 0 unspecified atom stereocenters. The lowest BCUT2D eigenvalue weighted by Gasteiger charge is -2.23. The molecule has 24 nitrogen and oxygen atoms in total. The number of carbonyl (C=O) groups is 6. The fourth-order valence-corrected chi connectivity index (χ4v) is 14.5. The molecule has 597 valence electrons. The highest BCUT2D eigenvalue weighted by Crippen LogP contribution is 2.57. The summed E-state index contributed by atoms with van der Waals surface area (Å²) >= 11 is 0. The number of benzene rings is 12. The van der Waals surface area contributed by atoms with Gasteiger partial charge in [-0.15, -0.1) is 0 Å². The summed E-state index contributed by atoms with van der Waals surface area (Å²) in [6, 6.07) is 36.6. The summed E-state index contributed by atoms with van der Waals surface area (Å²) in [5.74, 6) is -8.24. The fraction of sp³-hybridized carbons (Fsp3) is 0.267. The third kappa shape index (κ3) is 17.4.